The lowest BCUT2D eigenvalue weighted by Crippen LogP contribution is -2.10. The minimum atomic E-state index is 0. The van der Waals surface area contributed by atoms with E-state index in [9.17, 15) is 0 Å². The first-order valence-electron chi connectivity index (χ1n) is 6.63. The van der Waals surface area contributed by atoms with Crippen LogP contribution in [-0.2, 0) is 0 Å². The summed E-state index contributed by atoms with van der Waals surface area (Å²) in [7, 11) is 0. The summed E-state index contributed by atoms with van der Waals surface area (Å²) in [5.74, 6) is 6.36. The molecule has 0 saturated heterocycles. The topological polar surface area (TPSA) is 50.9 Å². The van der Waals surface area contributed by atoms with Crippen LogP contribution >= 0.6 is 12.4 Å². The lowest BCUT2D eigenvalue weighted by Gasteiger charge is -2.13. The van der Waals surface area contributed by atoms with Gasteiger partial charge in [0.05, 0.1) is 5.52 Å². The Kier molecular flexibility index (Phi) is 4.46. The highest BCUT2D eigenvalue weighted by atomic mass is 35.5. The number of nitrogens with one attached hydrogen (secondary N) is 1. The molecule has 21 heavy (non-hydrogen) atoms. The molecule has 0 radical (unpaired) electrons. The number of nitrogen functional groups attached to an aromatic ring is 1. The minimum Gasteiger partial charge on any atom is -0.308 e. The van der Waals surface area contributed by atoms with Gasteiger partial charge in [0.25, 0.3) is 0 Å². The standard InChI is InChI=1S/C17H17N3.ClH/c1-11-8-9-12(2)16-14(11)10-15(17(19-16)20-18)13-6-4-3-5-7-13;/h3-10H,18H2,1-2H3,(H,19,20);1H. The molecule has 3 N–H and O–H groups in total. The number of benzene rings is 2. The molecule has 0 saturated carbocycles. The first kappa shape index (κ1) is 15.3. The number of aromatic nitrogens is 1. The summed E-state index contributed by atoms with van der Waals surface area (Å²) in [6.07, 6.45) is 0. The monoisotopic (exact) mass is 299 g/mol. The number of hydrazine groups is 1. The van der Waals surface area contributed by atoms with E-state index in [0.29, 0.717) is 5.82 Å². The zero-order valence-corrected chi connectivity index (χ0v) is 12.9. The number of rotatable bonds is 2. The van der Waals surface area contributed by atoms with Crippen LogP contribution < -0.4 is 11.3 Å². The summed E-state index contributed by atoms with van der Waals surface area (Å²) in [6, 6.07) is 16.5. The highest BCUT2D eigenvalue weighted by Crippen LogP contribution is 2.31. The Morgan fingerprint density at radius 3 is 2.29 bits per heavy atom. The van der Waals surface area contributed by atoms with Crippen LogP contribution in [0.25, 0.3) is 22.0 Å². The van der Waals surface area contributed by atoms with Crippen molar-refractivity contribution in [3.63, 3.8) is 0 Å². The molecule has 0 spiro atoms. The van der Waals surface area contributed by atoms with E-state index in [2.05, 4.69) is 49.6 Å². The Balaban J connectivity index is 0.00000161. The van der Waals surface area contributed by atoms with Crippen LogP contribution in [0.2, 0.25) is 0 Å². The summed E-state index contributed by atoms with van der Waals surface area (Å²) in [4.78, 5) is 4.69. The van der Waals surface area contributed by atoms with Crippen LogP contribution in [0.5, 0.6) is 0 Å². The van der Waals surface area contributed by atoms with E-state index in [1.54, 1.807) is 0 Å². The van der Waals surface area contributed by atoms with Gasteiger partial charge in [0, 0.05) is 10.9 Å². The van der Waals surface area contributed by atoms with E-state index in [1.807, 2.05) is 18.2 Å². The second kappa shape index (κ2) is 6.12. The van der Waals surface area contributed by atoms with Crippen molar-refractivity contribution < 1.29 is 0 Å². The second-order valence-corrected chi connectivity index (χ2v) is 4.99. The Morgan fingerprint density at radius 2 is 1.62 bits per heavy atom. The van der Waals surface area contributed by atoms with Crippen molar-refractivity contribution in [2.45, 2.75) is 13.8 Å². The van der Waals surface area contributed by atoms with Crippen LogP contribution in [0, 0.1) is 13.8 Å². The summed E-state index contributed by atoms with van der Waals surface area (Å²) >= 11 is 0. The van der Waals surface area contributed by atoms with Crippen LogP contribution in [0.15, 0.2) is 48.5 Å². The summed E-state index contributed by atoms with van der Waals surface area (Å²) in [5, 5.41) is 1.17. The molecule has 0 fully saturated rings. The maximum absolute atomic E-state index is 5.65. The van der Waals surface area contributed by atoms with Crippen molar-refractivity contribution in [2.24, 2.45) is 5.84 Å². The lowest BCUT2D eigenvalue weighted by atomic mass is 10.00. The number of pyridine rings is 1. The fourth-order valence-electron chi connectivity index (χ4n) is 2.48. The van der Waals surface area contributed by atoms with Gasteiger partial charge < -0.3 is 5.43 Å². The quantitative estimate of drug-likeness (QED) is 0.550. The molecule has 0 aliphatic carbocycles. The van der Waals surface area contributed by atoms with Gasteiger partial charge >= 0.3 is 0 Å². The van der Waals surface area contributed by atoms with Crippen molar-refractivity contribution in [1.82, 2.24) is 4.98 Å². The molecule has 2 aromatic carbocycles. The molecule has 0 bridgehead atoms. The number of fused-ring (bicyclic) bond motifs is 1. The minimum absolute atomic E-state index is 0. The van der Waals surface area contributed by atoms with Gasteiger partial charge in [-0.3, -0.25) is 0 Å². The van der Waals surface area contributed by atoms with E-state index in [1.165, 1.54) is 10.9 Å². The van der Waals surface area contributed by atoms with E-state index in [4.69, 9.17) is 10.8 Å². The maximum atomic E-state index is 5.65. The molecule has 1 heterocycles. The zero-order chi connectivity index (χ0) is 14.1. The molecule has 3 rings (SSSR count). The van der Waals surface area contributed by atoms with Gasteiger partial charge in [0.1, 0.15) is 5.82 Å². The van der Waals surface area contributed by atoms with Gasteiger partial charge in [-0.1, -0.05) is 42.5 Å². The second-order valence-electron chi connectivity index (χ2n) is 4.99. The van der Waals surface area contributed by atoms with Crippen LogP contribution in [0.1, 0.15) is 11.1 Å². The van der Waals surface area contributed by atoms with Crippen LogP contribution in [-0.4, -0.2) is 4.98 Å². The Morgan fingerprint density at radius 1 is 0.952 bits per heavy atom. The number of anilines is 1. The molecular formula is C17H18ClN3. The third kappa shape index (κ3) is 2.71. The Bertz CT molecular complexity index is 770. The predicted molar refractivity (Wildman–Crippen MR) is 91.7 cm³/mol. The average molecular weight is 300 g/mol. The Hall–Kier alpha value is -2.10. The van der Waals surface area contributed by atoms with Crippen molar-refractivity contribution in [3.8, 4) is 11.1 Å². The Labute approximate surface area is 130 Å². The van der Waals surface area contributed by atoms with Gasteiger partial charge in [-0.15, -0.1) is 12.4 Å². The summed E-state index contributed by atoms with van der Waals surface area (Å²) in [5.41, 5.74) is 8.22. The molecular weight excluding hydrogens is 282 g/mol. The molecule has 0 atom stereocenters. The van der Waals surface area contributed by atoms with Gasteiger partial charge in [-0.05, 0) is 36.6 Å². The molecule has 3 nitrogen and oxygen atoms in total. The van der Waals surface area contributed by atoms with E-state index in [-0.39, 0.29) is 12.4 Å². The van der Waals surface area contributed by atoms with Gasteiger partial charge in [0.2, 0.25) is 0 Å². The fraction of sp³-hybridized carbons (Fsp3) is 0.118. The highest BCUT2D eigenvalue weighted by molar-refractivity contribution is 5.92. The fourth-order valence-corrected chi connectivity index (χ4v) is 2.48. The number of hydrogen-bond acceptors (Lipinski definition) is 3. The number of halogens is 1. The smallest absolute Gasteiger partial charge is 0.148 e. The summed E-state index contributed by atoms with van der Waals surface area (Å²) < 4.78 is 0. The molecule has 0 aliphatic rings. The van der Waals surface area contributed by atoms with E-state index < -0.39 is 0 Å². The molecule has 0 amide bonds. The van der Waals surface area contributed by atoms with Crippen molar-refractivity contribution >= 4 is 29.1 Å². The van der Waals surface area contributed by atoms with Crippen molar-refractivity contribution in [3.05, 3.63) is 59.7 Å². The molecule has 0 aliphatic heterocycles. The molecule has 108 valence electrons. The lowest BCUT2D eigenvalue weighted by molar-refractivity contribution is 1.25. The van der Waals surface area contributed by atoms with E-state index >= 15 is 0 Å². The molecule has 1 aromatic heterocycles. The van der Waals surface area contributed by atoms with Crippen LogP contribution in [0.3, 0.4) is 0 Å². The third-order valence-corrected chi connectivity index (χ3v) is 3.63. The average Bonchev–Trinajstić information content (AvgIpc) is 2.51. The molecule has 0 unspecified atom stereocenters. The first-order valence-corrected chi connectivity index (χ1v) is 6.63. The normalized spacial score (nSPS) is 10.2. The van der Waals surface area contributed by atoms with Gasteiger partial charge in [-0.25, -0.2) is 10.8 Å². The van der Waals surface area contributed by atoms with E-state index in [0.717, 1.165) is 22.2 Å². The zero-order valence-electron chi connectivity index (χ0n) is 12.1. The number of nitrogens with zero attached hydrogens (tertiary/aromatic N) is 1. The predicted octanol–water partition coefficient (Wildman–Crippen LogP) is 4.23. The first-order chi connectivity index (χ1) is 9.70. The van der Waals surface area contributed by atoms with Gasteiger partial charge in [0.15, 0.2) is 0 Å². The maximum Gasteiger partial charge on any atom is 0.148 e. The SMILES string of the molecule is Cc1ccc(C)c2nc(NN)c(-c3ccccc3)cc12.Cl. The largest absolute Gasteiger partial charge is 0.308 e. The van der Waals surface area contributed by atoms with Gasteiger partial charge in [-0.2, -0.15) is 0 Å². The van der Waals surface area contributed by atoms with Crippen LogP contribution in [0.4, 0.5) is 5.82 Å². The number of aryl methyl sites for hydroxylation is 2. The molecule has 4 heteroatoms. The van der Waals surface area contributed by atoms with Crippen molar-refractivity contribution in [2.75, 3.05) is 5.43 Å². The number of hydrogen-bond donors (Lipinski definition) is 2. The summed E-state index contributed by atoms with van der Waals surface area (Å²) in [6.45, 7) is 4.17. The molecule has 3 aromatic rings. The number of nitrogens with two attached hydrogens (primary N) is 1. The highest BCUT2D eigenvalue weighted by Gasteiger charge is 2.10. The van der Waals surface area contributed by atoms with Crippen molar-refractivity contribution in [1.29, 1.82) is 0 Å². The third-order valence-electron chi connectivity index (χ3n) is 3.63.